The Morgan fingerprint density at radius 2 is 1.43 bits per heavy atom. The third-order valence-electron chi connectivity index (χ3n) is 7.02. The van der Waals surface area contributed by atoms with Crippen molar-refractivity contribution < 1.29 is 50.6 Å². The van der Waals surface area contributed by atoms with Crippen LogP contribution < -0.4 is 9.47 Å². The fraction of sp³-hybridized carbons (Fsp3) is 0.194. The van der Waals surface area contributed by atoms with Crippen LogP contribution in [0, 0.1) is 0 Å². The minimum atomic E-state index is -5.87. The molecule has 0 radical (unpaired) electrons. The molecule has 1 unspecified atom stereocenters. The molecule has 1 atom stereocenters. The Balaban J connectivity index is 1.71. The topological polar surface area (TPSA) is 136 Å². The number of hydrogen-bond donors (Lipinski definition) is 2. The second-order valence-corrected chi connectivity index (χ2v) is 22.4. The van der Waals surface area contributed by atoms with Gasteiger partial charge < -0.3 is 0 Å². The van der Waals surface area contributed by atoms with Crippen molar-refractivity contribution in [2.45, 2.75) is 21.0 Å². The summed E-state index contributed by atoms with van der Waals surface area (Å²) in [6.07, 6.45) is 0. The SMILES string of the molecule is COC(=O)c1cc(-c2ccc(C[As](Cc3ccc(C(F)(F)P(=O)(O)O)c(Cl)c3)S(=O)(=O)c3ccccc3OC)cc2)ccc1OC. The van der Waals surface area contributed by atoms with Crippen LogP contribution in [0.1, 0.15) is 27.0 Å². The fourth-order valence-corrected chi connectivity index (χ4v) is 16.0. The van der Waals surface area contributed by atoms with Gasteiger partial charge in [-0.1, -0.05) is 0 Å². The Labute approximate surface area is 273 Å². The molecular weight excluding hydrogens is 728 g/mol. The first-order valence-corrected chi connectivity index (χ1v) is 21.7. The average Bonchev–Trinajstić information content (AvgIpc) is 3.03. The first-order valence-electron chi connectivity index (χ1n) is 13.3. The van der Waals surface area contributed by atoms with E-state index in [2.05, 4.69) is 0 Å². The van der Waals surface area contributed by atoms with Crippen molar-refractivity contribution >= 4 is 46.8 Å². The molecule has 2 N–H and O–H groups in total. The zero-order chi connectivity index (χ0) is 33.9. The Morgan fingerprint density at radius 1 is 0.848 bits per heavy atom. The van der Waals surface area contributed by atoms with Gasteiger partial charge in [-0.25, -0.2) is 0 Å². The Hall–Kier alpha value is -3.24. The van der Waals surface area contributed by atoms with Gasteiger partial charge in [-0.2, -0.15) is 0 Å². The first kappa shape index (κ1) is 35.6. The van der Waals surface area contributed by atoms with Crippen LogP contribution >= 0.6 is 19.2 Å². The molecule has 15 heteroatoms. The summed E-state index contributed by atoms with van der Waals surface area (Å²) in [6, 6.07) is 21.5. The molecule has 9 nitrogen and oxygen atoms in total. The number of carbonyl (C=O) groups is 1. The van der Waals surface area contributed by atoms with E-state index < -0.39 is 51.4 Å². The van der Waals surface area contributed by atoms with E-state index in [1.54, 1.807) is 54.6 Å². The van der Waals surface area contributed by atoms with Gasteiger partial charge in [0.05, 0.1) is 0 Å². The summed E-state index contributed by atoms with van der Waals surface area (Å²) < 4.78 is 83.9. The summed E-state index contributed by atoms with van der Waals surface area (Å²) in [7, 11) is -5.77. The summed E-state index contributed by atoms with van der Waals surface area (Å²) in [6.45, 7) is 0. The van der Waals surface area contributed by atoms with E-state index in [9.17, 15) is 26.6 Å². The summed E-state index contributed by atoms with van der Waals surface area (Å²) in [5.74, 6) is -0.0566. The quantitative estimate of drug-likeness (QED) is 0.0961. The van der Waals surface area contributed by atoms with Gasteiger partial charge in [-0.05, 0) is 0 Å². The maximum atomic E-state index is 14.4. The summed E-state index contributed by atoms with van der Waals surface area (Å²) >= 11 is 2.98. The van der Waals surface area contributed by atoms with Crippen LogP contribution in [0.25, 0.3) is 11.1 Å². The van der Waals surface area contributed by atoms with E-state index in [1.807, 2.05) is 0 Å². The number of benzene rings is 4. The molecule has 0 saturated heterocycles. The third kappa shape index (κ3) is 7.49. The second kappa shape index (κ2) is 14.3. The monoisotopic (exact) mass is 756 g/mol. The minimum absolute atomic E-state index is 0.00144. The summed E-state index contributed by atoms with van der Waals surface area (Å²) in [4.78, 5) is 30.5. The third-order valence-corrected chi connectivity index (χ3v) is 19.7. The van der Waals surface area contributed by atoms with E-state index in [0.717, 1.165) is 17.7 Å². The zero-order valence-corrected chi connectivity index (χ0v) is 29.0. The molecule has 0 aliphatic carbocycles. The molecule has 0 aliphatic rings. The van der Waals surface area contributed by atoms with Crippen molar-refractivity contribution in [2.75, 3.05) is 21.3 Å². The van der Waals surface area contributed by atoms with Crippen LogP contribution in [0.5, 0.6) is 11.5 Å². The summed E-state index contributed by atoms with van der Waals surface area (Å²) in [5, 5.41) is -0.483. The number of esters is 1. The standard InChI is InChI=1S/C31H29AsClF2O9PS/c1-42-27-15-13-23(17-24(27)30(36)44-3)22-11-8-20(9-12-22)18-32(46(40,41)29-7-5-4-6-28(29)43-2)19-21-10-14-25(26(33)16-21)31(34,35)45(37,38)39/h4-17H,18-19H2,1-3H3,(H2,37,38,39). The molecule has 0 spiro atoms. The van der Waals surface area contributed by atoms with Crippen LogP contribution in [-0.2, 0) is 33.5 Å². The molecule has 0 amide bonds. The van der Waals surface area contributed by atoms with Crippen molar-refractivity contribution in [3.8, 4) is 22.6 Å². The maximum absolute atomic E-state index is 14.4. The fourth-order valence-electron chi connectivity index (χ4n) is 4.62. The molecule has 0 aromatic heterocycles. The molecule has 0 heterocycles. The molecule has 4 aromatic carbocycles. The van der Waals surface area contributed by atoms with Crippen molar-refractivity contribution in [3.63, 3.8) is 0 Å². The van der Waals surface area contributed by atoms with Crippen LogP contribution in [0.2, 0.25) is 5.02 Å². The van der Waals surface area contributed by atoms with E-state index >= 15 is 0 Å². The number of rotatable bonds is 12. The Morgan fingerprint density at radius 3 is 2.02 bits per heavy atom. The van der Waals surface area contributed by atoms with Gasteiger partial charge in [0.15, 0.2) is 0 Å². The van der Waals surface area contributed by atoms with E-state index in [4.69, 9.17) is 35.6 Å². The van der Waals surface area contributed by atoms with Gasteiger partial charge in [-0.15, -0.1) is 0 Å². The molecule has 4 aromatic rings. The van der Waals surface area contributed by atoms with Crippen molar-refractivity contribution in [2.24, 2.45) is 0 Å². The van der Waals surface area contributed by atoms with E-state index in [0.29, 0.717) is 22.4 Å². The number of ether oxygens (including phenoxy) is 3. The second-order valence-electron chi connectivity index (χ2n) is 9.93. The zero-order valence-electron chi connectivity index (χ0n) is 24.7. The number of hydrogen-bond acceptors (Lipinski definition) is 7. The molecular formula is C31H29AsClF2O9PS. The molecule has 0 fully saturated rings. The first-order chi connectivity index (χ1) is 21.6. The van der Waals surface area contributed by atoms with Crippen LogP contribution in [0.4, 0.5) is 8.78 Å². The van der Waals surface area contributed by atoms with Gasteiger partial charge >= 0.3 is 274 Å². The molecule has 46 heavy (non-hydrogen) atoms. The number of methoxy groups -OCH3 is 3. The van der Waals surface area contributed by atoms with Gasteiger partial charge in [0.2, 0.25) is 0 Å². The van der Waals surface area contributed by atoms with Crippen molar-refractivity contribution in [3.05, 3.63) is 112 Å². The average molecular weight is 757 g/mol. The Bertz CT molecular complexity index is 1900. The normalized spacial score (nSPS) is 12.8. The predicted molar refractivity (Wildman–Crippen MR) is 171 cm³/mol. The van der Waals surface area contributed by atoms with Crippen LogP contribution in [0.15, 0.2) is 89.8 Å². The number of para-hydroxylation sites is 1. The van der Waals surface area contributed by atoms with E-state index in [-0.39, 0.29) is 26.6 Å². The number of halogens is 3. The predicted octanol–water partition coefficient (Wildman–Crippen LogP) is 6.37. The van der Waals surface area contributed by atoms with Gasteiger partial charge in [0.1, 0.15) is 0 Å². The molecule has 0 aliphatic heterocycles. The molecule has 244 valence electrons. The molecule has 0 saturated carbocycles. The summed E-state index contributed by atoms with van der Waals surface area (Å²) in [5.41, 5.74) is -2.87. The van der Waals surface area contributed by atoms with Gasteiger partial charge in [-0.3, -0.25) is 0 Å². The van der Waals surface area contributed by atoms with Gasteiger partial charge in [0.25, 0.3) is 0 Å². The number of carbonyl (C=O) groups excluding carboxylic acids is 1. The van der Waals surface area contributed by atoms with Gasteiger partial charge in [0, 0.05) is 0 Å². The number of alkyl halides is 2. The molecule has 4 rings (SSSR count). The van der Waals surface area contributed by atoms with Crippen LogP contribution in [0.3, 0.4) is 0 Å². The van der Waals surface area contributed by atoms with E-state index in [1.165, 1.54) is 39.5 Å². The molecule has 0 bridgehead atoms. The van der Waals surface area contributed by atoms with Crippen LogP contribution in [-0.4, -0.2) is 59.0 Å². The van der Waals surface area contributed by atoms with Crippen molar-refractivity contribution in [1.29, 1.82) is 0 Å². The van der Waals surface area contributed by atoms with Crippen molar-refractivity contribution in [1.82, 2.24) is 0 Å². The Kier molecular flexibility index (Phi) is 11.0.